The highest BCUT2D eigenvalue weighted by molar-refractivity contribution is 7.99. The molecule has 0 aliphatic carbocycles. The fourth-order valence-corrected chi connectivity index (χ4v) is 4.27. The third-order valence-electron chi connectivity index (χ3n) is 4.82. The number of hydrogen-bond donors (Lipinski definition) is 2. The average molecular weight is 508 g/mol. The van der Waals surface area contributed by atoms with Crippen LogP contribution in [-0.4, -0.2) is 32.3 Å². The van der Waals surface area contributed by atoms with Crippen molar-refractivity contribution in [1.82, 2.24) is 14.8 Å². The van der Waals surface area contributed by atoms with Gasteiger partial charge in [0.25, 0.3) is 5.91 Å². The predicted octanol–water partition coefficient (Wildman–Crippen LogP) is 5.48. The van der Waals surface area contributed by atoms with E-state index in [1.165, 1.54) is 23.1 Å². The molecule has 0 atom stereocenters. The van der Waals surface area contributed by atoms with E-state index in [1.807, 2.05) is 61.7 Å². The number of nitrogens with zero attached hydrogens (tertiary/aromatic N) is 3. The number of carbonyl (C=O) groups is 2. The zero-order valence-electron chi connectivity index (χ0n) is 19.3. The molecule has 0 bridgehead atoms. The second-order valence-corrected chi connectivity index (χ2v) is 9.77. The molecule has 4 rings (SSSR count). The summed E-state index contributed by atoms with van der Waals surface area (Å²) in [5.74, 6) is 0.637. The van der Waals surface area contributed by atoms with Gasteiger partial charge in [0.15, 0.2) is 0 Å². The van der Waals surface area contributed by atoms with Gasteiger partial charge in [-0.3, -0.25) is 9.59 Å². The van der Waals surface area contributed by atoms with E-state index in [-0.39, 0.29) is 23.6 Å². The first-order chi connectivity index (χ1) is 17.0. The smallest absolute Gasteiger partial charge is 0.265 e. The second-order valence-electron chi connectivity index (χ2n) is 7.88. The molecule has 10 heteroatoms. The third-order valence-corrected chi connectivity index (χ3v) is 6.54. The van der Waals surface area contributed by atoms with Gasteiger partial charge >= 0.3 is 0 Å². The Morgan fingerprint density at radius 3 is 2.60 bits per heavy atom. The highest BCUT2D eigenvalue weighted by atomic mass is 32.2. The largest absolute Gasteiger partial charge is 0.489 e. The Labute approximate surface area is 211 Å². The summed E-state index contributed by atoms with van der Waals surface area (Å²) >= 11 is 2.69. The lowest BCUT2D eigenvalue weighted by atomic mass is 10.2. The van der Waals surface area contributed by atoms with Crippen LogP contribution >= 0.6 is 23.1 Å². The Bertz CT molecular complexity index is 1270. The molecule has 2 N–H and O–H groups in total. The quantitative estimate of drug-likeness (QED) is 0.276. The van der Waals surface area contributed by atoms with Crippen LogP contribution in [0, 0.1) is 0 Å². The Kier molecular flexibility index (Phi) is 8.17. The van der Waals surface area contributed by atoms with E-state index in [4.69, 9.17) is 4.74 Å². The maximum Gasteiger partial charge on any atom is 0.265 e. The van der Waals surface area contributed by atoms with E-state index in [1.54, 1.807) is 29.2 Å². The number of anilines is 2. The van der Waals surface area contributed by atoms with Gasteiger partial charge < -0.3 is 15.4 Å². The van der Waals surface area contributed by atoms with Crippen molar-refractivity contribution in [2.45, 2.75) is 31.7 Å². The van der Waals surface area contributed by atoms with Crippen molar-refractivity contribution < 1.29 is 14.3 Å². The van der Waals surface area contributed by atoms with Crippen LogP contribution in [0.2, 0.25) is 0 Å². The van der Waals surface area contributed by atoms with Gasteiger partial charge in [-0.25, -0.2) is 9.67 Å². The number of carbonyl (C=O) groups excluding carboxylic acids is 2. The molecular formula is C25H25N5O3S2. The minimum absolute atomic E-state index is 0.130. The fourth-order valence-electron chi connectivity index (χ4n) is 3.04. The number of benzene rings is 2. The minimum Gasteiger partial charge on any atom is -0.489 e. The molecular weight excluding hydrogens is 482 g/mol. The normalized spacial score (nSPS) is 10.8. The summed E-state index contributed by atoms with van der Waals surface area (Å²) in [6.45, 7) is 4.39. The summed E-state index contributed by atoms with van der Waals surface area (Å²) in [6.07, 6.45) is 1.67. The topological polar surface area (TPSA) is 98.1 Å². The van der Waals surface area contributed by atoms with Gasteiger partial charge in [0.2, 0.25) is 11.1 Å². The molecule has 4 aromatic rings. The molecule has 8 nitrogen and oxygen atoms in total. The van der Waals surface area contributed by atoms with Crippen molar-refractivity contribution >= 4 is 46.3 Å². The number of nitrogens with one attached hydrogen (secondary N) is 2. The van der Waals surface area contributed by atoms with Crippen molar-refractivity contribution in [3.05, 3.63) is 82.8 Å². The molecule has 2 heterocycles. The van der Waals surface area contributed by atoms with Crippen LogP contribution < -0.4 is 15.4 Å². The van der Waals surface area contributed by atoms with Crippen LogP contribution in [-0.2, 0) is 11.4 Å². The summed E-state index contributed by atoms with van der Waals surface area (Å²) in [6, 6.07) is 18.6. The Morgan fingerprint density at radius 1 is 1.06 bits per heavy atom. The number of amides is 2. The van der Waals surface area contributed by atoms with Crippen molar-refractivity contribution in [3.8, 4) is 5.75 Å². The molecule has 0 saturated heterocycles. The summed E-state index contributed by atoms with van der Waals surface area (Å²) in [5, 5.41) is 12.5. The minimum atomic E-state index is -0.132. The molecule has 2 aromatic carbocycles. The zero-order valence-corrected chi connectivity index (χ0v) is 20.9. The SMILES string of the molecule is CC(C)n1cnc(SCC(=O)Nc2cccc(COc3ccc(NC(=O)c4cccs4)cc3)c2)n1. The lowest BCUT2D eigenvalue weighted by Gasteiger charge is -2.10. The van der Waals surface area contributed by atoms with E-state index in [9.17, 15) is 9.59 Å². The Hall–Kier alpha value is -3.63. The summed E-state index contributed by atoms with van der Waals surface area (Å²) < 4.78 is 7.63. The first-order valence-electron chi connectivity index (χ1n) is 11.0. The first-order valence-corrected chi connectivity index (χ1v) is 12.8. The summed E-state index contributed by atoms with van der Waals surface area (Å²) in [7, 11) is 0. The van der Waals surface area contributed by atoms with Crippen LogP contribution in [0.3, 0.4) is 0 Å². The number of aromatic nitrogens is 3. The highest BCUT2D eigenvalue weighted by Gasteiger charge is 2.09. The van der Waals surface area contributed by atoms with Crippen LogP contribution in [0.15, 0.2) is 77.5 Å². The molecule has 35 heavy (non-hydrogen) atoms. The number of rotatable bonds is 10. The average Bonchev–Trinajstić information content (AvgIpc) is 3.55. The van der Waals surface area contributed by atoms with E-state index >= 15 is 0 Å². The molecule has 0 aliphatic rings. The van der Waals surface area contributed by atoms with Crippen molar-refractivity contribution in [1.29, 1.82) is 0 Å². The highest BCUT2D eigenvalue weighted by Crippen LogP contribution is 2.20. The maximum absolute atomic E-state index is 12.3. The lowest BCUT2D eigenvalue weighted by Crippen LogP contribution is -2.14. The molecule has 2 amide bonds. The van der Waals surface area contributed by atoms with Gasteiger partial charge in [-0.2, -0.15) is 0 Å². The van der Waals surface area contributed by atoms with E-state index in [0.717, 1.165) is 5.56 Å². The van der Waals surface area contributed by atoms with Gasteiger partial charge in [0.05, 0.1) is 10.6 Å². The first kappa shape index (κ1) is 24.5. The van der Waals surface area contributed by atoms with Gasteiger partial charge in [0.1, 0.15) is 18.7 Å². The molecule has 0 aliphatic heterocycles. The maximum atomic E-state index is 12.3. The molecule has 180 valence electrons. The van der Waals surface area contributed by atoms with Crippen molar-refractivity contribution in [2.24, 2.45) is 0 Å². The molecule has 0 radical (unpaired) electrons. The van der Waals surface area contributed by atoms with Gasteiger partial charge in [-0.15, -0.1) is 16.4 Å². The molecule has 0 unspecified atom stereocenters. The number of hydrogen-bond acceptors (Lipinski definition) is 7. The zero-order chi connectivity index (χ0) is 24.6. The fraction of sp³-hybridized carbons (Fsp3) is 0.200. The number of thiophene rings is 1. The second kappa shape index (κ2) is 11.7. The van der Waals surface area contributed by atoms with Crippen LogP contribution in [0.4, 0.5) is 11.4 Å². The molecule has 2 aromatic heterocycles. The van der Waals surface area contributed by atoms with E-state index in [2.05, 4.69) is 20.7 Å². The van der Waals surface area contributed by atoms with Crippen molar-refractivity contribution in [3.63, 3.8) is 0 Å². The van der Waals surface area contributed by atoms with Gasteiger partial charge in [-0.1, -0.05) is 30.0 Å². The van der Waals surface area contributed by atoms with Crippen LogP contribution in [0.1, 0.15) is 35.1 Å². The standard InChI is InChI=1S/C25H25N5O3S2/c1-17(2)30-16-26-25(29-30)35-15-23(31)27-20-6-3-5-18(13-20)14-33-21-10-8-19(9-11-21)28-24(32)22-7-4-12-34-22/h3-13,16-17H,14-15H2,1-2H3,(H,27,31)(H,28,32). The third kappa shape index (κ3) is 7.17. The lowest BCUT2D eigenvalue weighted by molar-refractivity contribution is -0.113. The summed E-state index contributed by atoms with van der Waals surface area (Å²) in [4.78, 5) is 29.4. The number of ether oxygens (including phenoxy) is 1. The van der Waals surface area contributed by atoms with Crippen LogP contribution in [0.25, 0.3) is 0 Å². The van der Waals surface area contributed by atoms with E-state index in [0.29, 0.717) is 33.8 Å². The Balaban J connectivity index is 1.25. The predicted molar refractivity (Wildman–Crippen MR) is 139 cm³/mol. The van der Waals surface area contributed by atoms with Crippen molar-refractivity contribution in [2.75, 3.05) is 16.4 Å². The molecule has 0 saturated carbocycles. The van der Waals surface area contributed by atoms with Crippen LogP contribution in [0.5, 0.6) is 5.75 Å². The van der Waals surface area contributed by atoms with E-state index < -0.39 is 0 Å². The molecule has 0 fully saturated rings. The number of thioether (sulfide) groups is 1. The summed E-state index contributed by atoms with van der Waals surface area (Å²) in [5.41, 5.74) is 2.32. The van der Waals surface area contributed by atoms with Gasteiger partial charge in [-0.05, 0) is 67.3 Å². The Morgan fingerprint density at radius 2 is 1.89 bits per heavy atom. The molecule has 0 spiro atoms. The monoisotopic (exact) mass is 507 g/mol. The van der Waals surface area contributed by atoms with Gasteiger partial charge in [0, 0.05) is 17.4 Å².